The van der Waals surface area contributed by atoms with Crippen LogP contribution in [0.3, 0.4) is 0 Å². The third-order valence-electron chi connectivity index (χ3n) is 2.79. The molecule has 104 valence electrons. The highest BCUT2D eigenvalue weighted by Gasteiger charge is 2.11. The van der Waals surface area contributed by atoms with Crippen molar-refractivity contribution >= 4 is 21.8 Å². The maximum atomic E-state index is 11.0. The quantitative estimate of drug-likeness (QED) is 0.899. The Morgan fingerprint density at radius 1 is 1.25 bits per heavy atom. The van der Waals surface area contributed by atoms with E-state index >= 15 is 0 Å². The molecule has 1 amide bonds. The Bertz CT molecular complexity index is 624. The van der Waals surface area contributed by atoms with Crippen LogP contribution in [0, 0.1) is 0 Å². The van der Waals surface area contributed by atoms with Gasteiger partial charge in [0, 0.05) is 15.6 Å². The standard InChI is InChI=1S/C15H14BrNO3/c1-9(18)13-8-11(16)4-7-14(13)20-12-5-2-10(3-6-12)15(17)19/h2-9,18H,1H3,(H2,17,19). The van der Waals surface area contributed by atoms with E-state index in [1.165, 1.54) is 0 Å². The van der Waals surface area contributed by atoms with Crippen LogP contribution >= 0.6 is 15.9 Å². The topological polar surface area (TPSA) is 72.6 Å². The van der Waals surface area contributed by atoms with Crippen molar-refractivity contribution in [1.29, 1.82) is 0 Å². The molecule has 2 rings (SSSR count). The van der Waals surface area contributed by atoms with Crippen LogP contribution in [0.25, 0.3) is 0 Å². The first-order chi connectivity index (χ1) is 9.47. The van der Waals surface area contributed by atoms with E-state index in [1.54, 1.807) is 43.3 Å². The first kappa shape index (κ1) is 14.6. The molecule has 0 heterocycles. The van der Waals surface area contributed by atoms with E-state index < -0.39 is 12.0 Å². The summed E-state index contributed by atoms with van der Waals surface area (Å²) in [5.74, 6) is 0.652. The number of amides is 1. The fourth-order valence-corrected chi connectivity index (χ4v) is 2.13. The van der Waals surface area contributed by atoms with Gasteiger partial charge >= 0.3 is 0 Å². The molecular weight excluding hydrogens is 322 g/mol. The number of aliphatic hydroxyl groups excluding tert-OH is 1. The molecule has 0 aliphatic heterocycles. The lowest BCUT2D eigenvalue weighted by atomic mass is 10.1. The minimum atomic E-state index is -0.646. The summed E-state index contributed by atoms with van der Waals surface area (Å²) in [4.78, 5) is 11.0. The molecular formula is C15H14BrNO3. The van der Waals surface area contributed by atoms with Crippen LogP contribution in [-0.2, 0) is 0 Å². The van der Waals surface area contributed by atoms with E-state index in [2.05, 4.69) is 15.9 Å². The molecule has 2 aromatic carbocycles. The highest BCUT2D eigenvalue weighted by atomic mass is 79.9. The molecule has 5 heteroatoms. The van der Waals surface area contributed by atoms with Gasteiger partial charge in [-0.25, -0.2) is 0 Å². The van der Waals surface area contributed by atoms with Gasteiger partial charge in [-0.2, -0.15) is 0 Å². The number of aliphatic hydroxyl groups is 1. The molecule has 0 aliphatic carbocycles. The van der Waals surface area contributed by atoms with Crippen molar-refractivity contribution in [3.05, 3.63) is 58.1 Å². The highest BCUT2D eigenvalue weighted by molar-refractivity contribution is 9.10. The summed E-state index contributed by atoms with van der Waals surface area (Å²) in [6, 6.07) is 11.9. The molecule has 1 atom stereocenters. The molecule has 4 nitrogen and oxygen atoms in total. The summed E-state index contributed by atoms with van der Waals surface area (Å²) in [5.41, 5.74) is 6.28. The second kappa shape index (κ2) is 6.07. The molecule has 0 fully saturated rings. The Kier molecular flexibility index (Phi) is 4.42. The van der Waals surface area contributed by atoms with Gasteiger partial charge in [-0.15, -0.1) is 0 Å². The van der Waals surface area contributed by atoms with E-state index in [-0.39, 0.29) is 0 Å². The lowest BCUT2D eigenvalue weighted by Crippen LogP contribution is -2.10. The second-order valence-electron chi connectivity index (χ2n) is 4.35. The van der Waals surface area contributed by atoms with Crippen molar-refractivity contribution in [1.82, 2.24) is 0 Å². The monoisotopic (exact) mass is 335 g/mol. The average molecular weight is 336 g/mol. The SMILES string of the molecule is CC(O)c1cc(Br)ccc1Oc1ccc(C(N)=O)cc1. The zero-order chi connectivity index (χ0) is 14.7. The number of primary amides is 1. The molecule has 1 unspecified atom stereocenters. The Labute approximate surface area is 125 Å². The molecule has 3 N–H and O–H groups in total. The van der Waals surface area contributed by atoms with E-state index in [4.69, 9.17) is 10.5 Å². The minimum absolute atomic E-state index is 0.420. The van der Waals surface area contributed by atoms with Crippen molar-refractivity contribution < 1.29 is 14.6 Å². The first-order valence-electron chi connectivity index (χ1n) is 6.02. The van der Waals surface area contributed by atoms with Gasteiger partial charge in [0.1, 0.15) is 11.5 Å². The number of benzene rings is 2. The Hall–Kier alpha value is -1.85. The van der Waals surface area contributed by atoms with Crippen molar-refractivity contribution in [2.75, 3.05) is 0 Å². The van der Waals surface area contributed by atoms with Crippen LogP contribution in [0.5, 0.6) is 11.5 Å². The molecule has 0 bridgehead atoms. The first-order valence-corrected chi connectivity index (χ1v) is 6.82. The van der Waals surface area contributed by atoms with Crippen LogP contribution in [0.15, 0.2) is 46.9 Å². The second-order valence-corrected chi connectivity index (χ2v) is 5.26. The number of ether oxygens (including phenoxy) is 1. The van der Waals surface area contributed by atoms with Crippen molar-refractivity contribution in [3.8, 4) is 11.5 Å². The van der Waals surface area contributed by atoms with E-state index in [0.29, 0.717) is 22.6 Å². The Morgan fingerprint density at radius 2 is 1.90 bits per heavy atom. The largest absolute Gasteiger partial charge is 0.457 e. The Balaban J connectivity index is 2.27. The average Bonchev–Trinajstić information content (AvgIpc) is 2.41. The maximum Gasteiger partial charge on any atom is 0.248 e. The number of carbonyl (C=O) groups is 1. The van der Waals surface area contributed by atoms with Crippen LogP contribution in [-0.4, -0.2) is 11.0 Å². The summed E-state index contributed by atoms with van der Waals surface area (Å²) in [5, 5.41) is 9.76. The zero-order valence-corrected chi connectivity index (χ0v) is 12.4. The molecule has 0 saturated heterocycles. The van der Waals surface area contributed by atoms with Crippen molar-refractivity contribution in [2.24, 2.45) is 5.73 Å². The molecule has 20 heavy (non-hydrogen) atoms. The van der Waals surface area contributed by atoms with Gasteiger partial charge < -0.3 is 15.6 Å². The molecule has 0 radical (unpaired) electrons. The Morgan fingerprint density at radius 3 is 2.45 bits per heavy atom. The maximum absolute atomic E-state index is 11.0. The highest BCUT2D eigenvalue weighted by Crippen LogP contribution is 2.32. The van der Waals surface area contributed by atoms with Gasteiger partial charge in [-0.1, -0.05) is 15.9 Å². The number of rotatable bonds is 4. The molecule has 0 aliphatic rings. The van der Waals surface area contributed by atoms with E-state index in [0.717, 1.165) is 4.47 Å². The normalized spacial score (nSPS) is 11.9. The number of nitrogens with two attached hydrogens (primary N) is 1. The third-order valence-corrected chi connectivity index (χ3v) is 3.28. The minimum Gasteiger partial charge on any atom is -0.457 e. The van der Waals surface area contributed by atoms with Crippen molar-refractivity contribution in [3.63, 3.8) is 0 Å². The lowest BCUT2D eigenvalue weighted by Gasteiger charge is -2.13. The summed E-state index contributed by atoms with van der Waals surface area (Å²) < 4.78 is 6.59. The van der Waals surface area contributed by atoms with Crippen molar-refractivity contribution in [2.45, 2.75) is 13.0 Å². The molecule has 0 aromatic heterocycles. The van der Waals surface area contributed by atoms with Gasteiger partial charge in [-0.05, 0) is 49.4 Å². The summed E-state index contributed by atoms with van der Waals surface area (Å²) in [7, 11) is 0. The van der Waals surface area contributed by atoms with Gasteiger partial charge in [0.25, 0.3) is 0 Å². The third kappa shape index (κ3) is 3.37. The van der Waals surface area contributed by atoms with Gasteiger partial charge in [0.15, 0.2) is 0 Å². The van der Waals surface area contributed by atoms with Crippen LogP contribution in [0.1, 0.15) is 28.9 Å². The number of carbonyl (C=O) groups excluding carboxylic acids is 1. The van der Waals surface area contributed by atoms with Gasteiger partial charge in [-0.3, -0.25) is 4.79 Å². The van der Waals surface area contributed by atoms with Crippen LogP contribution in [0.2, 0.25) is 0 Å². The van der Waals surface area contributed by atoms with Gasteiger partial charge in [0.05, 0.1) is 6.10 Å². The van der Waals surface area contributed by atoms with Crippen LogP contribution in [0.4, 0.5) is 0 Å². The van der Waals surface area contributed by atoms with E-state index in [1.807, 2.05) is 6.07 Å². The number of hydrogen-bond donors (Lipinski definition) is 2. The van der Waals surface area contributed by atoms with E-state index in [9.17, 15) is 9.90 Å². The van der Waals surface area contributed by atoms with Gasteiger partial charge in [0.2, 0.25) is 5.91 Å². The summed E-state index contributed by atoms with van der Waals surface area (Å²) in [6.45, 7) is 1.67. The molecule has 0 spiro atoms. The lowest BCUT2D eigenvalue weighted by molar-refractivity contribution is 0.100. The zero-order valence-electron chi connectivity index (χ0n) is 10.8. The summed E-state index contributed by atoms with van der Waals surface area (Å²) >= 11 is 3.36. The molecule has 2 aromatic rings. The molecule has 0 saturated carbocycles. The van der Waals surface area contributed by atoms with Crippen LogP contribution < -0.4 is 10.5 Å². The fraction of sp³-hybridized carbons (Fsp3) is 0.133. The fourth-order valence-electron chi connectivity index (χ4n) is 1.75. The number of hydrogen-bond acceptors (Lipinski definition) is 3. The summed E-state index contributed by atoms with van der Waals surface area (Å²) in [6.07, 6.45) is -0.646. The number of halogens is 1. The predicted molar refractivity (Wildman–Crippen MR) is 79.8 cm³/mol. The smallest absolute Gasteiger partial charge is 0.248 e. The predicted octanol–water partition coefficient (Wildman–Crippen LogP) is 3.39.